The van der Waals surface area contributed by atoms with Gasteiger partial charge in [-0.2, -0.15) is 10.2 Å². The van der Waals surface area contributed by atoms with Crippen molar-refractivity contribution in [2.75, 3.05) is 0 Å². The van der Waals surface area contributed by atoms with Crippen molar-refractivity contribution in [1.29, 1.82) is 0 Å². The molecular weight excluding hydrogens is 412 g/mol. The molecule has 1 saturated carbocycles. The summed E-state index contributed by atoms with van der Waals surface area (Å²) in [5, 5.41) is 8.52. The molecule has 0 heterocycles. The van der Waals surface area contributed by atoms with Crippen molar-refractivity contribution in [3.8, 4) is 0 Å². The lowest BCUT2D eigenvalue weighted by molar-refractivity contribution is 0.302. The van der Waals surface area contributed by atoms with Crippen molar-refractivity contribution >= 4 is 12.4 Å². The minimum Gasteiger partial charge on any atom is -0.159 e. The third kappa shape index (κ3) is 9.57. The summed E-state index contributed by atoms with van der Waals surface area (Å²) in [5.74, 6) is 1.71. The topological polar surface area (TPSA) is 24.7 Å². The number of aryl methyl sites for hydroxylation is 1. The van der Waals surface area contributed by atoms with E-state index >= 15 is 0 Å². The highest BCUT2D eigenvalue weighted by Crippen LogP contribution is 2.37. The van der Waals surface area contributed by atoms with Crippen LogP contribution in [-0.4, -0.2) is 12.4 Å². The average Bonchev–Trinajstić information content (AvgIpc) is 2.89. The molecule has 0 aromatic heterocycles. The molecule has 0 bridgehead atoms. The van der Waals surface area contributed by atoms with Gasteiger partial charge in [0.2, 0.25) is 0 Å². The number of unbranched alkanes of at least 4 members (excludes halogenated alkanes) is 6. The van der Waals surface area contributed by atoms with Gasteiger partial charge in [0.15, 0.2) is 0 Å². The molecule has 2 aromatic carbocycles. The van der Waals surface area contributed by atoms with Crippen LogP contribution in [-0.2, 0) is 6.42 Å². The third-order valence-electron chi connectivity index (χ3n) is 7.50. The molecule has 0 amide bonds. The first-order valence-corrected chi connectivity index (χ1v) is 14.0. The van der Waals surface area contributed by atoms with Crippen LogP contribution in [0.25, 0.3) is 0 Å². The quantitative estimate of drug-likeness (QED) is 0.153. The maximum absolute atomic E-state index is 4.27. The minimum absolute atomic E-state index is 0.741. The molecule has 34 heavy (non-hydrogen) atoms. The third-order valence-corrected chi connectivity index (χ3v) is 7.50. The predicted molar refractivity (Wildman–Crippen MR) is 149 cm³/mol. The first-order valence-electron chi connectivity index (χ1n) is 14.0. The molecule has 0 spiro atoms. The molecule has 0 atom stereocenters. The van der Waals surface area contributed by atoms with Gasteiger partial charge in [0.25, 0.3) is 0 Å². The number of nitrogens with zero attached hydrogens (tertiary/aromatic N) is 2. The fourth-order valence-electron chi connectivity index (χ4n) is 5.22. The molecule has 0 N–H and O–H groups in total. The van der Waals surface area contributed by atoms with E-state index in [-0.39, 0.29) is 0 Å². The minimum atomic E-state index is 0.741. The van der Waals surface area contributed by atoms with Crippen molar-refractivity contribution in [2.24, 2.45) is 16.1 Å². The normalized spacial score (nSPS) is 18.8. The zero-order chi connectivity index (χ0) is 23.8. The average molecular weight is 459 g/mol. The molecule has 2 aromatic rings. The van der Waals surface area contributed by atoms with Gasteiger partial charge in [-0.15, -0.1) is 0 Å². The van der Waals surface area contributed by atoms with Crippen molar-refractivity contribution in [2.45, 2.75) is 110 Å². The van der Waals surface area contributed by atoms with Crippen LogP contribution in [0.3, 0.4) is 0 Å². The summed E-state index contributed by atoms with van der Waals surface area (Å²) in [4.78, 5) is 0. The Labute approximate surface area is 209 Å². The lowest BCUT2D eigenvalue weighted by atomic mass is 9.77. The molecule has 0 radical (unpaired) electrons. The second kappa shape index (κ2) is 15.6. The van der Waals surface area contributed by atoms with E-state index in [1.807, 2.05) is 12.4 Å². The van der Waals surface area contributed by atoms with Crippen LogP contribution >= 0.6 is 0 Å². The molecule has 2 heteroatoms. The second-order valence-corrected chi connectivity index (χ2v) is 10.3. The van der Waals surface area contributed by atoms with Gasteiger partial charge in [-0.1, -0.05) is 114 Å². The lowest BCUT2D eigenvalue weighted by Gasteiger charge is -2.29. The summed E-state index contributed by atoms with van der Waals surface area (Å²) < 4.78 is 0. The Morgan fingerprint density at radius 1 is 0.647 bits per heavy atom. The molecule has 1 aliphatic rings. The van der Waals surface area contributed by atoms with Crippen LogP contribution in [0.1, 0.15) is 125 Å². The Hall–Kier alpha value is -2.22. The highest BCUT2D eigenvalue weighted by atomic mass is 15.2. The van der Waals surface area contributed by atoms with Crippen molar-refractivity contribution in [3.63, 3.8) is 0 Å². The first-order chi connectivity index (χ1) is 16.8. The van der Waals surface area contributed by atoms with Gasteiger partial charge in [0, 0.05) is 0 Å². The highest BCUT2D eigenvalue weighted by molar-refractivity contribution is 5.82. The molecule has 184 valence electrons. The SMILES string of the molecule is CCCCCCc1ccc(/C=N/N=C/c2ccc(C3CCC(CCCCCC)CC3)cc2)cc1. The standard InChI is InChI=1S/C32H46N2/c1-3-5-7-9-11-27-13-15-29(16-14-27)25-33-34-26-30-19-23-32(24-20-30)31-21-17-28(18-22-31)12-10-8-6-4-2/h13-16,19-20,23-26,28,31H,3-12,17-18,21-22H2,1-2H3/b33-25+,34-26+. The number of hydrogen-bond donors (Lipinski definition) is 0. The molecule has 3 rings (SSSR count). The smallest absolute Gasteiger partial charge is 0.0568 e. The van der Waals surface area contributed by atoms with Crippen LogP contribution in [0.4, 0.5) is 0 Å². The van der Waals surface area contributed by atoms with Gasteiger partial charge < -0.3 is 0 Å². The van der Waals surface area contributed by atoms with Gasteiger partial charge in [-0.05, 0) is 72.6 Å². The molecule has 1 aliphatic carbocycles. The monoisotopic (exact) mass is 458 g/mol. The Morgan fingerprint density at radius 3 is 1.79 bits per heavy atom. The number of hydrogen-bond acceptors (Lipinski definition) is 2. The van der Waals surface area contributed by atoms with Gasteiger partial charge in [-0.3, -0.25) is 0 Å². The molecule has 0 unspecified atom stereocenters. The molecule has 1 fully saturated rings. The van der Waals surface area contributed by atoms with E-state index in [0.717, 1.165) is 23.0 Å². The van der Waals surface area contributed by atoms with Gasteiger partial charge in [-0.25, -0.2) is 0 Å². The Bertz CT molecular complexity index is 840. The molecule has 2 nitrogen and oxygen atoms in total. The van der Waals surface area contributed by atoms with Gasteiger partial charge in [0.1, 0.15) is 0 Å². The molecule has 0 saturated heterocycles. The van der Waals surface area contributed by atoms with E-state index in [9.17, 15) is 0 Å². The Kier molecular flexibility index (Phi) is 12.1. The van der Waals surface area contributed by atoms with Crippen LogP contribution in [0.5, 0.6) is 0 Å². The summed E-state index contributed by atoms with van der Waals surface area (Å²) in [6, 6.07) is 17.7. The first kappa shape index (κ1) is 26.4. The summed E-state index contributed by atoms with van der Waals surface area (Å²) in [5.41, 5.74) is 5.14. The summed E-state index contributed by atoms with van der Waals surface area (Å²) >= 11 is 0. The predicted octanol–water partition coefficient (Wildman–Crippen LogP) is 9.51. The zero-order valence-electron chi connectivity index (χ0n) is 21.7. The van der Waals surface area contributed by atoms with Gasteiger partial charge in [0.05, 0.1) is 12.4 Å². The van der Waals surface area contributed by atoms with E-state index in [4.69, 9.17) is 0 Å². The fourth-order valence-corrected chi connectivity index (χ4v) is 5.22. The number of rotatable bonds is 14. The van der Waals surface area contributed by atoms with Crippen LogP contribution in [0.15, 0.2) is 58.7 Å². The summed E-state index contributed by atoms with van der Waals surface area (Å²) in [6.07, 6.45) is 22.7. The van der Waals surface area contributed by atoms with Crippen LogP contribution in [0.2, 0.25) is 0 Å². The lowest BCUT2D eigenvalue weighted by Crippen LogP contribution is -2.13. The maximum atomic E-state index is 4.27. The Balaban J connectivity index is 1.39. The molecular formula is C32H46N2. The van der Waals surface area contributed by atoms with E-state index in [0.29, 0.717) is 0 Å². The molecule has 0 aliphatic heterocycles. The number of benzene rings is 2. The van der Waals surface area contributed by atoms with Crippen LogP contribution < -0.4 is 0 Å². The maximum Gasteiger partial charge on any atom is 0.0568 e. The van der Waals surface area contributed by atoms with E-state index in [2.05, 4.69) is 72.6 Å². The zero-order valence-corrected chi connectivity index (χ0v) is 21.7. The van der Waals surface area contributed by atoms with E-state index in [1.54, 1.807) is 0 Å². The van der Waals surface area contributed by atoms with Crippen molar-refractivity contribution in [3.05, 3.63) is 70.8 Å². The Morgan fingerprint density at radius 2 is 1.21 bits per heavy atom. The van der Waals surface area contributed by atoms with Crippen molar-refractivity contribution < 1.29 is 0 Å². The largest absolute Gasteiger partial charge is 0.159 e. The summed E-state index contributed by atoms with van der Waals surface area (Å²) in [7, 11) is 0. The van der Waals surface area contributed by atoms with Gasteiger partial charge >= 0.3 is 0 Å². The summed E-state index contributed by atoms with van der Waals surface area (Å²) in [6.45, 7) is 4.55. The van der Waals surface area contributed by atoms with E-state index < -0.39 is 0 Å². The van der Waals surface area contributed by atoms with Crippen molar-refractivity contribution in [1.82, 2.24) is 0 Å². The second-order valence-electron chi connectivity index (χ2n) is 10.3. The fraction of sp³-hybridized carbons (Fsp3) is 0.562. The highest BCUT2D eigenvalue weighted by Gasteiger charge is 2.21. The van der Waals surface area contributed by atoms with Crippen LogP contribution in [0, 0.1) is 5.92 Å². The van der Waals surface area contributed by atoms with E-state index in [1.165, 1.54) is 101 Å².